The van der Waals surface area contributed by atoms with Gasteiger partial charge in [-0.25, -0.2) is 9.69 Å². The molecule has 5 rings (SSSR count). The molecule has 2 unspecified atom stereocenters. The fourth-order valence-electron chi connectivity index (χ4n) is 4.85. The van der Waals surface area contributed by atoms with E-state index in [1.807, 2.05) is 13.8 Å². The van der Waals surface area contributed by atoms with Crippen LogP contribution in [-0.4, -0.2) is 33.2 Å². The van der Waals surface area contributed by atoms with Gasteiger partial charge in [-0.2, -0.15) is 0 Å². The number of hydrogen-bond acceptors (Lipinski definition) is 6. The maximum atomic E-state index is 13.0. The first-order chi connectivity index (χ1) is 12.3. The highest BCUT2D eigenvalue weighted by molar-refractivity contribution is 6.23. The average molecular weight is 355 g/mol. The molecule has 2 aromatic rings. The van der Waals surface area contributed by atoms with Crippen molar-refractivity contribution in [3.05, 3.63) is 34.8 Å². The summed E-state index contributed by atoms with van der Waals surface area (Å²) in [6.07, 6.45) is 1.58. The summed E-state index contributed by atoms with van der Waals surface area (Å²) < 4.78 is 10.6. The monoisotopic (exact) mass is 355 g/mol. The van der Waals surface area contributed by atoms with Crippen molar-refractivity contribution < 1.29 is 18.8 Å². The summed E-state index contributed by atoms with van der Waals surface area (Å²) in [6.45, 7) is 3.86. The Morgan fingerprint density at radius 3 is 2.12 bits per heavy atom. The molecular formula is C18H17N3O5. The second-order valence-corrected chi connectivity index (χ2v) is 7.69. The molecule has 0 saturated carbocycles. The van der Waals surface area contributed by atoms with Crippen molar-refractivity contribution in [3.8, 4) is 11.4 Å². The molecular weight excluding hydrogens is 338 g/mol. The van der Waals surface area contributed by atoms with E-state index >= 15 is 0 Å². The number of imide groups is 1. The summed E-state index contributed by atoms with van der Waals surface area (Å²) in [7, 11) is 0. The highest BCUT2D eigenvalue weighted by Gasteiger charge is 2.72. The fraction of sp³-hybridized carbons (Fsp3) is 0.444. The summed E-state index contributed by atoms with van der Waals surface area (Å²) in [4.78, 5) is 40.9. The Morgan fingerprint density at radius 1 is 1.04 bits per heavy atom. The Hall–Kier alpha value is -2.74. The molecule has 0 spiro atoms. The molecule has 8 heteroatoms. The summed E-state index contributed by atoms with van der Waals surface area (Å²) in [5, 5.41) is 3.63. The highest BCUT2D eigenvalue weighted by Crippen LogP contribution is 2.60. The van der Waals surface area contributed by atoms with Crippen LogP contribution in [0.1, 0.15) is 26.7 Å². The van der Waals surface area contributed by atoms with E-state index in [2.05, 4.69) is 14.7 Å². The van der Waals surface area contributed by atoms with Crippen LogP contribution < -0.4 is 10.7 Å². The van der Waals surface area contributed by atoms with E-state index in [-0.39, 0.29) is 11.8 Å². The van der Waals surface area contributed by atoms with Crippen LogP contribution in [0.2, 0.25) is 0 Å². The maximum absolute atomic E-state index is 13.0. The minimum atomic E-state index is -0.640. The van der Waals surface area contributed by atoms with E-state index < -0.39 is 28.8 Å². The van der Waals surface area contributed by atoms with Crippen molar-refractivity contribution in [2.45, 2.75) is 37.9 Å². The Labute approximate surface area is 148 Å². The smallest absolute Gasteiger partial charge is 0.367 e. The zero-order chi connectivity index (χ0) is 18.3. The SMILES string of the molecule is CC12CCC(C)(O1)[C@H]1C(=O)N(c3ccc(-c4noc(=O)[nH]4)cc3)C(=O)[C@H]12. The summed E-state index contributed by atoms with van der Waals surface area (Å²) in [5.41, 5.74) is -0.000872. The van der Waals surface area contributed by atoms with Crippen LogP contribution in [0.25, 0.3) is 11.4 Å². The number of H-pyrrole nitrogens is 1. The molecule has 26 heavy (non-hydrogen) atoms. The number of nitrogens with zero attached hydrogens (tertiary/aromatic N) is 2. The van der Waals surface area contributed by atoms with Crippen LogP contribution >= 0.6 is 0 Å². The van der Waals surface area contributed by atoms with Gasteiger partial charge in [0.2, 0.25) is 11.8 Å². The Morgan fingerprint density at radius 2 is 1.62 bits per heavy atom. The highest BCUT2D eigenvalue weighted by atomic mass is 16.5. The Balaban J connectivity index is 1.51. The predicted octanol–water partition coefficient (Wildman–Crippen LogP) is 1.48. The number of fused-ring (bicyclic) bond motifs is 5. The fourth-order valence-corrected chi connectivity index (χ4v) is 4.85. The van der Waals surface area contributed by atoms with Crippen molar-refractivity contribution in [1.82, 2.24) is 10.1 Å². The Bertz CT molecular complexity index is 959. The number of nitrogens with one attached hydrogen (secondary N) is 1. The molecule has 3 saturated heterocycles. The number of amides is 2. The van der Waals surface area contributed by atoms with Crippen LogP contribution in [-0.2, 0) is 14.3 Å². The third kappa shape index (κ3) is 1.82. The van der Waals surface area contributed by atoms with Crippen LogP contribution in [0.5, 0.6) is 0 Å². The number of benzene rings is 1. The van der Waals surface area contributed by atoms with Crippen LogP contribution in [0.15, 0.2) is 33.6 Å². The normalized spacial score (nSPS) is 35.4. The minimum Gasteiger partial charge on any atom is -0.367 e. The summed E-state index contributed by atoms with van der Waals surface area (Å²) >= 11 is 0. The molecule has 0 radical (unpaired) electrons. The van der Waals surface area contributed by atoms with Crippen LogP contribution in [0.4, 0.5) is 5.69 Å². The van der Waals surface area contributed by atoms with Gasteiger partial charge in [0.25, 0.3) is 0 Å². The first-order valence-corrected chi connectivity index (χ1v) is 8.57. The molecule has 4 heterocycles. The lowest BCUT2D eigenvalue weighted by molar-refractivity contribution is -0.129. The van der Waals surface area contributed by atoms with Crippen molar-refractivity contribution >= 4 is 17.5 Å². The third-order valence-electron chi connectivity index (χ3n) is 6.05. The second-order valence-electron chi connectivity index (χ2n) is 7.69. The van der Waals surface area contributed by atoms with Crippen molar-refractivity contribution in [2.24, 2.45) is 11.8 Å². The molecule has 4 atom stereocenters. The molecule has 0 aliphatic carbocycles. The zero-order valence-corrected chi connectivity index (χ0v) is 14.3. The lowest BCUT2D eigenvalue weighted by atomic mass is 9.69. The average Bonchev–Trinajstić information content (AvgIpc) is 3.29. The van der Waals surface area contributed by atoms with Gasteiger partial charge in [-0.05, 0) is 51.0 Å². The minimum absolute atomic E-state index is 0.200. The quantitative estimate of drug-likeness (QED) is 0.818. The molecule has 3 aliphatic heterocycles. The van der Waals surface area contributed by atoms with Gasteiger partial charge in [0, 0.05) is 5.56 Å². The van der Waals surface area contributed by atoms with Crippen molar-refractivity contribution in [3.63, 3.8) is 0 Å². The first kappa shape index (κ1) is 15.5. The lowest BCUT2D eigenvalue weighted by Gasteiger charge is -2.27. The number of rotatable bonds is 2. The molecule has 2 amide bonds. The van der Waals surface area contributed by atoms with Gasteiger partial charge in [0.15, 0.2) is 5.82 Å². The lowest BCUT2D eigenvalue weighted by Crippen LogP contribution is -2.40. The van der Waals surface area contributed by atoms with Crippen LogP contribution in [0.3, 0.4) is 0 Å². The molecule has 1 N–H and O–H groups in total. The van der Waals surface area contributed by atoms with Gasteiger partial charge < -0.3 is 4.74 Å². The number of aromatic amines is 1. The molecule has 134 valence electrons. The molecule has 1 aromatic carbocycles. The summed E-state index contributed by atoms with van der Waals surface area (Å²) in [5.74, 6) is -1.61. The molecule has 1 aromatic heterocycles. The predicted molar refractivity (Wildman–Crippen MR) is 89.2 cm³/mol. The number of hydrogen-bond donors (Lipinski definition) is 1. The van der Waals surface area contributed by atoms with E-state index in [0.717, 1.165) is 12.8 Å². The summed E-state index contributed by atoms with van der Waals surface area (Å²) in [6, 6.07) is 6.72. The van der Waals surface area contributed by atoms with Gasteiger partial charge in [-0.1, -0.05) is 5.16 Å². The zero-order valence-electron chi connectivity index (χ0n) is 14.3. The van der Waals surface area contributed by atoms with E-state index in [0.29, 0.717) is 17.1 Å². The van der Waals surface area contributed by atoms with Gasteiger partial charge in [0.1, 0.15) is 0 Å². The van der Waals surface area contributed by atoms with E-state index in [1.165, 1.54) is 4.90 Å². The number of anilines is 1. The maximum Gasteiger partial charge on any atom is 0.439 e. The molecule has 8 nitrogen and oxygen atoms in total. The van der Waals surface area contributed by atoms with Crippen LogP contribution in [0, 0.1) is 11.8 Å². The van der Waals surface area contributed by atoms with Gasteiger partial charge in [-0.3, -0.25) is 19.1 Å². The number of carbonyl (C=O) groups is 2. The van der Waals surface area contributed by atoms with Crippen molar-refractivity contribution in [2.75, 3.05) is 4.90 Å². The van der Waals surface area contributed by atoms with Crippen molar-refractivity contribution in [1.29, 1.82) is 0 Å². The molecule has 3 aliphatic rings. The third-order valence-corrected chi connectivity index (χ3v) is 6.05. The van der Waals surface area contributed by atoms with E-state index in [9.17, 15) is 14.4 Å². The molecule has 2 bridgehead atoms. The molecule has 3 fully saturated rings. The largest absolute Gasteiger partial charge is 0.439 e. The van der Waals surface area contributed by atoms with E-state index in [1.54, 1.807) is 24.3 Å². The second kappa shape index (κ2) is 4.70. The first-order valence-electron chi connectivity index (χ1n) is 8.57. The number of aromatic nitrogens is 2. The van der Waals surface area contributed by atoms with Gasteiger partial charge >= 0.3 is 5.76 Å². The van der Waals surface area contributed by atoms with Gasteiger partial charge in [0.05, 0.1) is 28.7 Å². The van der Waals surface area contributed by atoms with Gasteiger partial charge in [-0.15, -0.1) is 0 Å². The Kier molecular flexibility index (Phi) is 2.80. The standard InChI is InChI=1S/C18H17N3O5/c1-17-7-8-18(2,26-17)12-11(17)14(22)21(15(12)23)10-5-3-9(4-6-10)13-19-16(24)25-20-13/h3-6,11-12H,7-8H2,1-2H3,(H,19,20,24)/t11-,12+,17?,18?. The van der Waals surface area contributed by atoms with E-state index in [4.69, 9.17) is 4.74 Å². The number of carbonyl (C=O) groups excluding carboxylic acids is 2. The number of ether oxygens (including phenoxy) is 1. The topological polar surface area (TPSA) is 106 Å².